The van der Waals surface area contributed by atoms with Crippen molar-refractivity contribution in [3.63, 3.8) is 0 Å². The summed E-state index contributed by atoms with van der Waals surface area (Å²) < 4.78 is 0. The molecule has 2 aromatic heterocycles. The maximum atomic E-state index is 12.5. The predicted octanol–water partition coefficient (Wildman–Crippen LogP) is 2.81. The minimum absolute atomic E-state index is 0.213. The Labute approximate surface area is 140 Å². The van der Waals surface area contributed by atoms with Crippen LogP contribution in [0.5, 0.6) is 0 Å². The summed E-state index contributed by atoms with van der Waals surface area (Å²) in [7, 11) is 0. The second-order valence-corrected chi connectivity index (χ2v) is 7.45. The molecule has 3 heterocycles. The first kappa shape index (κ1) is 16.1. The molecule has 3 rings (SSSR count). The van der Waals surface area contributed by atoms with E-state index in [1.165, 1.54) is 0 Å². The normalized spacial score (nSPS) is 15.9. The van der Waals surface area contributed by atoms with Crippen LogP contribution in [0.2, 0.25) is 0 Å². The number of rotatable bonds is 3. The van der Waals surface area contributed by atoms with Gasteiger partial charge in [-0.3, -0.25) is 14.8 Å². The van der Waals surface area contributed by atoms with Gasteiger partial charge in [0, 0.05) is 36.3 Å². The molecule has 0 bridgehead atoms. The first-order valence-electron chi connectivity index (χ1n) is 8.02. The lowest BCUT2D eigenvalue weighted by Gasteiger charge is -2.31. The van der Waals surface area contributed by atoms with E-state index in [0.717, 1.165) is 52.9 Å². The van der Waals surface area contributed by atoms with E-state index in [-0.39, 0.29) is 5.91 Å². The zero-order valence-electron chi connectivity index (χ0n) is 13.9. The molecular formula is C17H22N4OS. The van der Waals surface area contributed by atoms with E-state index in [1.807, 2.05) is 31.9 Å². The molecule has 23 heavy (non-hydrogen) atoms. The van der Waals surface area contributed by atoms with Gasteiger partial charge in [-0.15, -0.1) is 11.3 Å². The molecule has 0 saturated carbocycles. The minimum atomic E-state index is 0.213. The van der Waals surface area contributed by atoms with Crippen LogP contribution in [0.4, 0.5) is 0 Å². The molecule has 1 fully saturated rings. The summed E-state index contributed by atoms with van der Waals surface area (Å²) in [6, 6.07) is 0. The summed E-state index contributed by atoms with van der Waals surface area (Å²) in [5.41, 5.74) is 3.01. The van der Waals surface area contributed by atoms with Crippen LogP contribution in [0.25, 0.3) is 0 Å². The number of thiazole rings is 1. The molecule has 0 N–H and O–H groups in total. The van der Waals surface area contributed by atoms with E-state index in [0.29, 0.717) is 12.3 Å². The molecule has 1 saturated heterocycles. The van der Waals surface area contributed by atoms with Gasteiger partial charge in [0.15, 0.2) is 0 Å². The van der Waals surface area contributed by atoms with Crippen LogP contribution >= 0.6 is 11.3 Å². The van der Waals surface area contributed by atoms with Gasteiger partial charge in [0.05, 0.1) is 28.5 Å². The summed E-state index contributed by atoms with van der Waals surface area (Å²) in [4.78, 5) is 28.8. The van der Waals surface area contributed by atoms with Crippen molar-refractivity contribution >= 4 is 17.2 Å². The topological polar surface area (TPSA) is 59.0 Å². The minimum Gasteiger partial charge on any atom is -0.342 e. The molecule has 2 aromatic rings. The number of aryl methyl sites for hydroxylation is 3. The smallest absolute Gasteiger partial charge is 0.227 e. The van der Waals surface area contributed by atoms with Crippen LogP contribution in [0.3, 0.4) is 0 Å². The highest BCUT2D eigenvalue weighted by Crippen LogP contribution is 2.27. The molecule has 122 valence electrons. The molecule has 1 amide bonds. The second kappa shape index (κ2) is 6.74. The van der Waals surface area contributed by atoms with E-state index >= 15 is 0 Å². The number of nitrogens with zero attached hydrogens (tertiary/aromatic N) is 4. The molecular weight excluding hydrogens is 308 g/mol. The average molecular weight is 330 g/mol. The Kier molecular flexibility index (Phi) is 4.71. The SMILES string of the molecule is Cc1cncc(C2CCN(C(=O)Cc3sc(C)nc3C)CC2)n1. The van der Waals surface area contributed by atoms with Gasteiger partial charge in [0.25, 0.3) is 0 Å². The van der Waals surface area contributed by atoms with Crippen molar-refractivity contribution in [1.82, 2.24) is 19.9 Å². The molecule has 1 aliphatic heterocycles. The van der Waals surface area contributed by atoms with Crippen molar-refractivity contribution in [2.45, 2.75) is 46.0 Å². The van der Waals surface area contributed by atoms with Crippen molar-refractivity contribution in [1.29, 1.82) is 0 Å². The maximum absolute atomic E-state index is 12.5. The fourth-order valence-electron chi connectivity index (χ4n) is 3.09. The van der Waals surface area contributed by atoms with Gasteiger partial charge >= 0.3 is 0 Å². The lowest BCUT2D eigenvalue weighted by atomic mass is 9.93. The standard InChI is InChI=1S/C17H22N4OS/c1-11-9-18-10-15(19-11)14-4-6-21(7-5-14)17(22)8-16-12(2)20-13(3)23-16/h9-10,14H,4-8H2,1-3H3. The third-order valence-corrected chi connectivity index (χ3v) is 5.42. The first-order chi connectivity index (χ1) is 11.0. The lowest BCUT2D eigenvalue weighted by Crippen LogP contribution is -2.38. The van der Waals surface area contributed by atoms with Gasteiger partial charge in [0.2, 0.25) is 5.91 Å². The van der Waals surface area contributed by atoms with E-state index in [4.69, 9.17) is 0 Å². The lowest BCUT2D eigenvalue weighted by molar-refractivity contribution is -0.131. The number of hydrogen-bond acceptors (Lipinski definition) is 5. The number of hydrogen-bond donors (Lipinski definition) is 0. The van der Waals surface area contributed by atoms with Crippen molar-refractivity contribution in [2.24, 2.45) is 0 Å². The Morgan fingerprint density at radius 3 is 2.57 bits per heavy atom. The molecule has 0 aromatic carbocycles. The van der Waals surface area contributed by atoms with Gasteiger partial charge in [-0.1, -0.05) is 0 Å². The number of carbonyl (C=O) groups is 1. The molecule has 0 spiro atoms. The van der Waals surface area contributed by atoms with Crippen LogP contribution in [0.15, 0.2) is 12.4 Å². The highest BCUT2D eigenvalue weighted by atomic mass is 32.1. The van der Waals surface area contributed by atoms with E-state index < -0.39 is 0 Å². The summed E-state index contributed by atoms with van der Waals surface area (Å²) in [5, 5.41) is 1.03. The molecule has 5 nitrogen and oxygen atoms in total. The summed E-state index contributed by atoms with van der Waals surface area (Å²) in [5.74, 6) is 0.629. The van der Waals surface area contributed by atoms with E-state index in [1.54, 1.807) is 17.5 Å². The number of likely N-dealkylation sites (tertiary alicyclic amines) is 1. The fraction of sp³-hybridized carbons (Fsp3) is 0.529. The van der Waals surface area contributed by atoms with E-state index in [2.05, 4.69) is 15.0 Å². The number of aromatic nitrogens is 3. The zero-order chi connectivity index (χ0) is 16.4. The number of piperidine rings is 1. The zero-order valence-corrected chi connectivity index (χ0v) is 14.7. The third kappa shape index (κ3) is 3.75. The van der Waals surface area contributed by atoms with Gasteiger partial charge in [-0.2, -0.15) is 0 Å². The quantitative estimate of drug-likeness (QED) is 0.868. The molecule has 0 unspecified atom stereocenters. The number of carbonyl (C=O) groups excluding carboxylic acids is 1. The first-order valence-corrected chi connectivity index (χ1v) is 8.84. The van der Waals surface area contributed by atoms with Gasteiger partial charge in [0.1, 0.15) is 0 Å². The monoisotopic (exact) mass is 330 g/mol. The van der Waals surface area contributed by atoms with Crippen molar-refractivity contribution in [3.05, 3.63) is 39.4 Å². The van der Waals surface area contributed by atoms with Gasteiger partial charge < -0.3 is 4.90 Å². The second-order valence-electron chi connectivity index (χ2n) is 6.16. The van der Waals surface area contributed by atoms with Crippen molar-refractivity contribution < 1.29 is 4.79 Å². The molecule has 0 atom stereocenters. The fourth-order valence-corrected chi connectivity index (χ4v) is 4.02. The molecule has 6 heteroatoms. The van der Waals surface area contributed by atoms with Crippen LogP contribution < -0.4 is 0 Å². The third-order valence-electron chi connectivity index (χ3n) is 4.35. The highest BCUT2D eigenvalue weighted by Gasteiger charge is 2.25. The predicted molar refractivity (Wildman–Crippen MR) is 90.6 cm³/mol. The van der Waals surface area contributed by atoms with E-state index in [9.17, 15) is 4.79 Å². The largest absolute Gasteiger partial charge is 0.342 e. The van der Waals surface area contributed by atoms with Crippen LogP contribution in [-0.2, 0) is 11.2 Å². The maximum Gasteiger partial charge on any atom is 0.227 e. The molecule has 0 radical (unpaired) electrons. The summed E-state index contributed by atoms with van der Waals surface area (Å²) in [6.45, 7) is 7.54. The van der Waals surface area contributed by atoms with Crippen LogP contribution in [0, 0.1) is 20.8 Å². The Hall–Kier alpha value is -1.82. The Bertz CT molecular complexity index is 704. The van der Waals surface area contributed by atoms with Crippen LogP contribution in [-0.4, -0.2) is 38.8 Å². The number of amides is 1. The van der Waals surface area contributed by atoms with Crippen LogP contribution in [0.1, 0.15) is 45.7 Å². The van der Waals surface area contributed by atoms with Gasteiger partial charge in [-0.05, 0) is 33.6 Å². The highest BCUT2D eigenvalue weighted by molar-refractivity contribution is 7.11. The average Bonchev–Trinajstić information content (AvgIpc) is 2.85. The van der Waals surface area contributed by atoms with Crippen molar-refractivity contribution in [2.75, 3.05) is 13.1 Å². The Morgan fingerprint density at radius 1 is 1.22 bits per heavy atom. The summed E-state index contributed by atoms with van der Waals surface area (Å²) >= 11 is 1.63. The Balaban J connectivity index is 1.58. The van der Waals surface area contributed by atoms with Crippen molar-refractivity contribution in [3.8, 4) is 0 Å². The molecule has 1 aliphatic rings. The summed E-state index contributed by atoms with van der Waals surface area (Å²) in [6.07, 6.45) is 6.04. The molecule has 0 aliphatic carbocycles. The van der Waals surface area contributed by atoms with Gasteiger partial charge in [-0.25, -0.2) is 4.98 Å². The Morgan fingerprint density at radius 2 is 1.96 bits per heavy atom.